The van der Waals surface area contributed by atoms with Crippen molar-refractivity contribution in [2.45, 2.75) is 0 Å². The molecular formula is C16H14BrFN8O. The molecule has 0 aromatic carbocycles. The van der Waals surface area contributed by atoms with Crippen LogP contribution < -0.4 is 16.0 Å². The van der Waals surface area contributed by atoms with Crippen LogP contribution in [0.15, 0.2) is 47.6 Å². The van der Waals surface area contributed by atoms with E-state index in [9.17, 15) is 9.18 Å². The summed E-state index contributed by atoms with van der Waals surface area (Å²) in [6.45, 7) is 1.11. The van der Waals surface area contributed by atoms with Gasteiger partial charge in [-0.25, -0.2) is 24.9 Å². The van der Waals surface area contributed by atoms with E-state index in [4.69, 9.17) is 0 Å². The Morgan fingerprint density at radius 1 is 1.00 bits per heavy atom. The molecule has 0 fully saturated rings. The number of halogens is 2. The number of rotatable bonds is 7. The molecule has 0 aliphatic carbocycles. The highest BCUT2D eigenvalue weighted by Gasteiger charge is 2.13. The van der Waals surface area contributed by atoms with E-state index < -0.39 is 11.9 Å². The number of pyridine rings is 1. The number of amides is 1. The highest BCUT2D eigenvalue weighted by molar-refractivity contribution is 9.10. The maximum Gasteiger partial charge on any atom is 0.260 e. The van der Waals surface area contributed by atoms with Crippen LogP contribution in [0.5, 0.6) is 0 Å². The van der Waals surface area contributed by atoms with Crippen molar-refractivity contribution in [3.05, 3.63) is 59.1 Å². The predicted molar refractivity (Wildman–Crippen MR) is 101 cm³/mol. The van der Waals surface area contributed by atoms with Crippen LogP contribution in [0.25, 0.3) is 0 Å². The first kappa shape index (κ1) is 18.6. The van der Waals surface area contributed by atoms with Crippen molar-refractivity contribution in [2.24, 2.45) is 0 Å². The van der Waals surface area contributed by atoms with Crippen molar-refractivity contribution in [2.75, 3.05) is 29.0 Å². The molecule has 1 amide bonds. The molecule has 0 bridgehead atoms. The first-order chi connectivity index (χ1) is 13.1. The Bertz CT molecular complexity index is 910. The number of hydrogen-bond donors (Lipinski definition) is 3. The highest BCUT2D eigenvalue weighted by atomic mass is 79.9. The van der Waals surface area contributed by atoms with E-state index in [2.05, 4.69) is 56.8 Å². The van der Waals surface area contributed by atoms with Gasteiger partial charge in [-0.15, -0.1) is 0 Å². The molecule has 0 saturated carbocycles. The molecule has 0 spiro atoms. The summed E-state index contributed by atoms with van der Waals surface area (Å²) in [5, 5.41) is 8.57. The minimum atomic E-state index is -0.865. The standard InChI is InChI=1S/C16H14BrFN8O/c17-12-3-2-11(13(18)26-12)14(27)25-10-8-23-16(24-9-10)22-7-6-21-15-19-4-1-5-20-15/h1-5,8-9H,6-7H2,(H,25,27)(H,19,20,21)(H,22,23,24). The molecule has 138 valence electrons. The lowest BCUT2D eigenvalue weighted by Gasteiger charge is -2.08. The van der Waals surface area contributed by atoms with Crippen molar-refractivity contribution in [3.63, 3.8) is 0 Å². The number of nitrogens with zero attached hydrogens (tertiary/aromatic N) is 5. The van der Waals surface area contributed by atoms with Gasteiger partial charge in [0.1, 0.15) is 4.60 Å². The van der Waals surface area contributed by atoms with Gasteiger partial charge in [0, 0.05) is 25.5 Å². The number of nitrogens with one attached hydrogen (secondary N) is 3. The average Bonchev–Trinajstić information content (AvgIpc) is 2.67. The van der Waals surface area contributed by atoms with Gasteiger partial charge in [-0.1, -0.05) is 0 Å². The molecule has 0 aliphatic rings. The molecule has 0 unspecified atom stereocenters. The number of carbonyl (C=O) groups excluding carboxylic acids is 1. The van der Waals surface area contributed by atoms with Crippen molar-refractivity contribution < 1.29 is 9.18 Å². The van der Waals surface area contributed by atoms with E-state index in [-0.39, 0.29) is 5.56 Å². The van der Waals surface area contributed by atoms with Crippen molar-refractivity contribution in [1.29, 1.82) is 0 Å². The fraction of sp³-hybridized carbons (Fsp3) is 0.125. The first-order valence-electron chi connectivity index (χ1n) is 7.82. The van der Waals surface area contributed by atoms with E-state index in [0.29, 0.717) is 35.3 Å². The molecule has 27 heavy (non-hydrogen) atoms. The third-order valence-corrected chi connectivity index (χ3v) is 3.67. The molecule has 0 atom stereocenters. The van der Waals surface area contributed by atoms with Crippen molar-refractivity contribution >= 4 is 39.4 Å². The van der Waals surface area contributed by atoms with Gasteiger partial charge in [0.25, 0.3) is 5.91 Å². The summed E-state index contributed by atoms with van der Waals surface area (Å²) in [6.07, 6.45) is 6.14. The van der Waals surface area contributed by atoms with E-state index >= 15 is 0 Å². The largest absolute Gasteiger partial charge is 0.352 e. The molecule has 9 nitrogen and oxygen atoms in total. The van der Waals surface area contributed by atoms with Crippen LogP contribution in [-0.2, 0) is 0 Å². The predicted octanol–water partition coefficient (Wildman–Crippen LogP) is 2.34. The lowest BCUT2D eigenvalue weighted by molar-refractivity contribution is 0.102. The molecule has 3 N–H and O–H groups in total. The third kappa shape index (κ3) is 5.38. The Morgan fingerprint density at radius 2 is 1.63 bits per heavy atom. The molecule has 11 heteroatoms. The summed E-state index contributed by atoms with van der Waals surface area (Å²) in [5.74, 6) is -0.576. The van der Waals surface area contributed by atoms with E-state index in [1.807, 2.05) is 0 Å². The molecule has 0 radical (unpaired) electrons. The summed E-state index contributed by atoms with van der Waals surface area (Å²) in [6, 6.07) is 4.55. The summed E-state index contributed by atoms with van der Waals surface area (Å²) >= 11 is 3.04. The van der Waals surface area contributed by atoms with Gasteiger partial charge in [0.05, 0.1) is 23.6 Å². The Balaban J connectivity index is 1.49. The Hall–Kier alpha value is -3.21. The third-order valence-electron chi connectivity index (χ3n) is 3.23. The Labute approximate surface area is 162 Å². The van der Waals surface area contributed by atoms with Gasteiger partial charge < -0.3 is 16.0 Å². The minimum absolute atomic E-state index is 0.172. The number of carbonyl (C=O) groups is 1. The van der Waals surface area contributed by atoms with Crippen LogP contribution in [-0.4, -0.2) is 43.9 Å². The molecule has 3 aromatic rings. The zero-order chi connectivity index (χ0) is 19.1. The summed E-state index contributed by atoms with van der Waals surface area (Å²) < 4.78 is 14.0. The zero-order valence-corrected chi connectivity index (χ0v) is 15.4. The van der Waals surface area contributed by atoms with Crippen LogP contribution >= 0.6 is 15.9 Å². The van der Waals surface area contributed by atoms with Crippen LogP contribution in [0.2, 0.25) is 0 Å². The molecular weight excluding hydrogens is 419 g/mol. The van der Waals surface area contributed by atoms with E-state index in [1.165, 1.54) is 24.5 Å². The molecule has 3 rings (SSSR count). The van der Waals surface area contributed by atoms with Gasteiger partial charge in [-0.2, -0.15) is 4.39 Å². The average molecular weight is 433 g/mol. The molecule has 3 aromatic heterocycles. The first-order valence-corrected chi connectivity index (χ1v) is 8.61. The second kappa shape index (κ2) is 8.94. The molecule has 3 heterocycles. The van der Waals surface area contributed by atoms with Crippen LogP contribution in [0.1, 0.15) is 10.4 Å². The maximum absolute atomic E-state index is 13.7. The second-order valence-electron chi connectivity index (χ2n) is 5.15. The SMILES string of the molecule is O=C(Nc1cnc(NCCNc2ncccn2)nc1)c1ccc(Br)nc1F. The van der Waals surface area contributed by atoms with Crippen LogP contribution in [0, 0.1) is 5.95 Å². The highest BCUT2D eigenvalue weighted by Crippen LogP contribution is 2.13. The van der Waals surface area contributed by atoms with Crippen molar-refractivity contribution in [3.8, 4) is 0 Å². The fourth-order valence-electron chi connectivity index (χ4n) is 2.00. The number of aromatic nitrogens is 5. The number of anilines is 3. The normalized spacial score (nSPS) is 10.3. The summed E-state index contributed by atoms with van der Waals surface area (Å²) in [4.78, 5) is 31.9. The van der Waals surface area contributed by atoms with Crippen molar-refractivity contribution in [1.82, 2.24) is 24.9 Å². The molecule has 0 aliphatic heterocycles. The van der Waals surface area contributed by atoms with Gasteiger partial charge in [0.2, 0.25) is 17.8 Å². The monoisotopic (exact) mass is 432 g/mol. The van der Waals surface area contributed by atoms with Crippen LogP contribution in [0.4, 0.5) is 22.0 Å². The smallest absolute Gasteiger partial charge is 0.260 e. The maximum atomic E-state index is 13.7. The second-order valence-corrected chi connectivity index (χ2v) is 5.96. The lowest BCUT2D eigenvalue weighted by atomic mass is 10.2. The fourth-order valence-corrected chi connectivity index (χ4v) is 2.29. The molecule has 0 saturated heterocycles. The van der Waals surface area contributed by atoms with Gasteiger partial charge in [-0.3, -0.25) is 4.79 Å². The van der Waals surface area contributed by atoms with E-state index in [1.54, 1.807) is 18.5 Å². The van der Waals surface area contributed by atoms with Gasteiger partial charge in [-0.05, 0) is 34.1 Å². The Kier molecular flexibility index (Phi) is 6.15. The van der Waals surface area contributed by atoms with Crippen LogP contribution in [0.3, 0.4) is 0 Å². The number of hydrogen-bond acceptors (Lipinski definition) is 8. The van der Waals surface area contributed by atoms with E-state index in [0.717, 1.165) is 0 Å². The Morgan fingerprint density at radius 3 is 2.26 bits per heavy atom. The summed E-state index contributed by atoms with van der Waals surface area (Å²) in [5.41, 5.74) is 0.165. The topological polar surface area (TPSA) is 118 Å². The van der Waals surface area contributed by atoms with Gasteiger partial charge >= 0.3 is 0 Å². The minimum Gasteiger partial charge on any atom is -0.352 e. The lowest BCUT2D eigenvalue weighted by Crippen LogP contribution is -2.17. The van der Waals surface area contributed by atoms with Gasteiger partial charge in [0.15, 0.2) is 0 Å². The quantitative estimate of drug-likeness (QED) is 0.384. The summed E-state index contributed by atoms with van der Waals surface area (Å²) in [7, 11) is 0. The zero-order valence-electron chi connectivity index (χ0n) is 13.9.